The number of carbonyl (C=O) groups excluding carboxylic acids is 1. The maximum Gasteiger partial charge on any atom is 0.293 e. The van der Waals surface area contributed by atoms with E-state index in [1.54, 1.807) is 12.1 Å². The SMILES string of the molecule is Cc1ccc(-c2ccc(C(=O)NC(=S)Nc3ccccc3S)o2)cc1C. The lowest BCUT2D eigenvalue weighted by Crippen LogP contribution is -2.34. The molecule has 3 rings (SSSR count). The average molecular weight is 383 g/mol. The molecule has 0 atom stereocenters. The van der Waals surface area contributed by atoms with Gasteiger partial charge in [-0.15, -0.1) is 12.6 Å². The van der Waals surface area contributed by atoms with Crippen LogP contribution in [-0.2, 0) is 0 Å². The Hall–Kier alpha value is -2.57. The maximum absolute atomic E-state index is 12.3. The zero-order chi connectivity index (χ0) is 18.7. The number of amides is 1. The van der Waals surface area contributed by atoms with Crippen LogP contribution in [-0.4, -0.2) is 11.0 Å². The van der Waals surface area contributed by atoms with Crippen molar-refractivity contribution in [2.75, 3.05) is 5.32 Å². The number of nitrogens with one attached hydrogen (secondary N) is 2. The molecule has 132 valence electrons. The highest BCUT2D eigenvalue weighted by atomic mass is 32.1. The number of para-hydroxylation sites is 1. The van der Waals surface area contributed by atoms with Gasteiger partial charge in [-0.25, -0.2) is 0 Å². The van der Waals surface area contributed by atoms with Crippen LogP contribution in [0.1, 0.15) is 21.7 Å². The fourth-order valence-electron chi connectivity index (χ4n) is 2.41. The van der Waals surface area contributed by atoms with Crippen molar-refractivity contribution in [1.82, 2.24) is 5.32 Å². The normalized spacial score (nSPS) is 10.4. The summed E-state index contributed by atoms with van der Waals surface area (Å²) < 4.78 is 5.69. The van der Waals surface area contributed by atoms with Crippen LogP contribution in [0.5, 0.6) is 0 Å². The Bertz CT molecular complexity index is 979. The molecule has 1 heterocycles. The summed E-state index contributed by atoms with van der Waals surface area (Å²) in [5.74, 6) is 0.425. The predicted molar refractivity (Wildman–Crippen MR) is 111 cm³/mol. The summed E-state index contributed by atoms with van der Waals surface area (Å²) in [6, 6.07) is 16.8. The number of thiocarbonyl (C=S) groups is 1. The summed E-state index contributed by atoms with van der Waals surface area (Å²) >= 11 is 9.52. The van der Waals surface area contributed by atoms with E-state index in [0.717, 1.165) is 16.1 Å². The molecule has 2 N–H and O–H groups in total. The van der Waals surface area contributed by atoms with Crippen LogP contribution in [0.4, 0.5) is 5.69 Å². The van der Waals surface area contributed by atoms with Crippen LogP contribution in [0, 0.1) is 13.8 Å². The molecule has 1 amide bonds. The minimum Gasteiger partial charge on any atom is -0.451 e. The number of hydrogen-bond donors (Lipinski definition) is 3. The molecule has 26 heavy (non-hydrogen) atoms. The van der Waals surface area contributed by atoms with Gasteiger partial charge in [0.05, 0.1) is 5.69 Å². The van der Waals surface area contributed by atoms with Gasteiger partial charge in [-0.3, -0.25) is 10.1 Å². The van der Waals surface area contributed by atoms with E-state index in [0.29, 0.717) is 5.76 Å². The zero-order valence-electron chi connectivity index (χ0n) is 14.4. The van der Waals surface area contributed by atoms with Gasteiger partial charge in [-0.05, 0) is 67.5 Å². The molecule has 4 nitrogen and oxygen atoms in total. The molecular formula is C20H18N2O2S2. The predicted octanol–water partition coefficient (Wildman–Crippen LogP) is 4.98. The Morgan fingerprint density at radius 2 is 1.81 bits per heavy atom. The second-order valence-corrected chi connectivity index (χ2v) is 6.78. The van der Waals surface area contributed by atoms with Crippen LogP contribution < -0.4 is 10.6 Å². The van der Waals surface area contributed by atoms with Gasteiger partial charge in [0.25, 0.3) is 5.91 Å². The first kappa shape index (κ1) is 18.2. The highest BCUT2D eigenvalue weighted by Crippen LogP contribution is 2.24. The molecule has 0 aliphatic carbocycles. The summed E-state index contributed by atoms with van der Waals surface area (Å²) in [7, 11) is 0. The molecule has 6 heteroatoms. The van der Waals surface area contributed by atoms with Crippen LogP contribution in [0.25, 0.3) is 11.3 Å². The second-order valence-electron chi connectivity index (χ2n) is 5.89. The smallest absolute Gasteiger partial charge is 0.293 e. The third-order valence-corrected chi connectivity index (χ3v) is 4.59. The maximum atomic E-state index is 12.3. The van der Waals surface area contributed by atoms with E-state index < -0.39 is 5.91 Å². The van der Waals surface area contributed by atoms with Crippen molar-refractivity contribution in [3.8, 4) is 11.3 Å². The van der Waals surface area contributed by atoms with Gasteiger partial charge in [-0.1, -0.05) is 24.3 Å². The number of rotatable bonds is 3. The van der Waals surface area contributed by atoms with Crippen molar-refractivity contribution < 1.29 is 9.21 Å². The van der Waals surface area contributed by atoms with Gasteiger partial charge >= 0.3 is 0 Å². The van der Waals surface area contributed by atoms with Crippen molar-refractivity contribution in [3.05, 3.63) is 71.5 Å². The Morgan fingerprint density at radius 1 is 1.04 bits per heavy atom. The first-order chi connectivity index (χ1) is 12.4. The standard InChI is InChI=1S/C20H18N2O2S2/c1-12-7-8-14(11-13(12)2)16-9-10-17(24-16)19(23)22-20(26)21-15-5-3-4-6-18(15)25/h3-11,25H,1-2H3,(H2,21,22,23,26). The van der Waals surface area contributed by atoms with Gasteiger partial charge < -0.3 is 9.73 Å². The third kappa shape index (κ3) is 4.15. The number of carbonyl (C=O) groups is 1. The van der Waals surface area contributed by atoms with E-state index in [1.165, 1.54) is 11.1 Å². The lowest BCUT2D eigenvalue weighted by Gasteiger charge is -2.10. The van der Waals surface area contributed by atoms with Crippen LogP contribution in [0.2, 0.25) is 0 Å². The third-order valence-electron chi connectivity index (χ3n) is 4.00. The quantitative estimate of drug-likeness (QED) is 0.442. The minimum atomic E-state index is -0.408. The molecular weight excluding hydrogens is 364 g/mol. The van der Waals surface area contributed by atoms with E-state index in [1.807, 2.05) is 49.4 Å². The van der Waals surface area contributed by atoms with Crippen LogP contribution in [0.15, 0.2) is 63.9 Å². The van der Waals surface area contributed by atoms with Crippen molar-refractivity contribution >= 4 is 41.6 Å². The van der Waals surface area contributed by atoms with Crippen molar-refractivity contribution in [2.24, 2.45) is 0 Å². The van der Waals surface area contributed by atoms with Crippen molar-refractivity contribution in [3.63, 3.8) is 0 Å². The summed E-state index contributed by atoms with van der Waals surface area (Å²) in [6.45, 7) is 4.09. The zero-order valence-corrected chi connectivity index (χ0v) is 16.1. The molecule has 2 aromatic carbocycles. The minimum absolute atomic E-state index is 0.181. The molecule has 0 radical (unpaired) electrons. The lowest BCUT2D eigenvalue weighted by atomic mass is 10.1. The van der Waals surface area contributed by atoms with Crippen molar-refractivity contribution in [2.45, 2.75) is 18.7 Å². The van der Waals surface area contributed by atoms with Gasteiger partial charge in [-0.2, -0.15) is 0 Å². The number of hydrogen-bond acceptors (Lipinski definition) is 4. The Labute approximate surface area is 163 Å². The number of aryl methyl sites for hydroxylation is 2. The number of anilines is 1. The van der Waals surface area contributed by atoms with E-state index in [2.05, 4.69) is 30.2 Å². The van der Waals surface area contributed by atoms with Crippen LogP contribution in [0.3, 0.4) is 0 Å². The fraction of sp³-hybridized carbons (Fsp3) is 0.100. The molecule has 0 aliphatic rings. The lowest BCUT2D eigenvalue weighted by molar-refractivity contribution is 0.0951. The van der Waals surface area contributed by atoms with Crippen LogP contribution >= 0.6 is 24.8 Å². The van der Waals surface area contributed by atoms with Gasteiger partial charge in [0, 0.05) is 10.5 Å². The molecule has 0 fully saturated rings. The highest BCUT2D eigenvalue weighted by molar-refractivity contribution is 7.81. The molecule has 0 bridgehead atoms. The van der Waals surface area contributed by atoms with E-state index in [4.69, 9.17) is 16.6 Å². The molecule has 1 aromatic heterocycles. The van der Waals surface area contributed by atoms with E-state index in [-0.39, 0.29) is 10.9 Å². The molecule has 0 unspecified atom stereocenters. The number of thiol groups is 1. The van der Waals surface area contributed by atoms with Gasteiger partial charge in [0.15, 0.2) is 10.9 Å². The summed E-state index contributed by atoms with van der Waals surface area (Å²) in [5, 5.41) is 5.74. The topological polar surface area (TPSA) is 54.3 Å². The summed E-state index contributed by atoms with van der Waals surface area (Å²) in [6.07, 6.45) is 0. The summed E-state index contributed by atoms with van der Waals surface area (Å²) in [5.41, 5.74) is 4.02. The van der Waals surface area contributed by atoms with E-state index >= 15 is 0 Å². The summed E-state index contributed by atoms with van der Waals surface area (Å²) in [4.78, 5) is 13.1. The molecule has 0 saturated carbocycles. The first-order valence-corrected chi connectivity index (χ1v) is 8.87. The average Bonchev–Trinajstić information content (AvgIpc) is 3.09. The molecule has 0 spiro atoms. The Balaban J connectivity index is 1.69. The monoisotopic (exact) mass is 382 g/mol. The van der Waals surface area contributed by atoms with Gasteiger partial charge in [0.1, 0.15) is 5.76 Å². The number of furan rings is 1. The number of benzene rings is 2. The first-order valence-electron chi connectivity index (χ1n) is 8.02. The Kier molecular flexibility index (Phi) is 5.44. The molecule has 0 saturated heterocycles. The van der Waals surface area contributed by atoms with E-state index in [9.17, 15) is 4.79 Å². The second kappa shape index (κ2) is 7.76. The van der Waals surface area contributed by atoms with Crippen molar-refractivity contribution in [1.29, 1.82) is 0 Å². The Morgan fingerprint density at radius 3 is 2.54 bits per heavy atom. The van der Waals surface area contributed by atoms with Gasteiger partial charge in [0.2, 0.25) is 0 Å². The largest absolute Gasteiger partial charge is 0.451 e. The fourth-order valence-corrected chi connectivity index (χ4v) is 2.83. The highest BCUT2D eigenvalue weighted by Gasteiger charge is 2.14. The molecule has 0 aliphatic heterocycles. The molecule has 3 aromatic rings.